The Balaban J connectivity index is 1.84. The van der Waals surface area contributed by atoms with Gasteiger partial charge in [-0.15, -0.1) is 0 Å². The molecule has 0 saturated carbocycles. The van der Waals surface area contributed by atoms with Crippen LogP contribution in [-0.4, -0.2) is 4.98 Å². The summed E-state index contributed by atoms with van der Waals surface area (Å²) in [6.07, 6.45) is 6.49. The third kappa shape index (κ3) is 1.63. The Morgan fingerprint density at radius 3 is 2.84 bits per heavy atom. The molecule has 0 fully saturated rings. The van der Waals surface area contributed by atoms with Crippen molar-refractivity contribution in [3.8, 4) is 0 Å². The molecule has 2 atom stereocenters. The van der Waals surface area contributed by atoms with Gasteiger partial charge in [-0.3, -0.25) is 4.98 Å². The van der Waals surface area contributed by atoms with E-state index in [4.69, 9.17) is 5.73 Å². The minimum Gasteiger partial charge on any atom is -0.324 e. The molecule has 2 aliphatic rings. The van der Waals surface area contributed by atoms with Gasteiger partial charge in [0.1, 0.15) is 0 Å². The molecular formula is C17H18N2. The average molecular weight is 250 g/mol. The summed E-state index contributed by atoms with van der Waals surface area (Å²) in [6.45, 7) is 0. The number of hydrogen-bond acceptors (Lipinski definition) is 2. The van der Waals surface area contributed by atoms with E-state index in [0.717, 1.165) is 19.3 Å². The Morgan fingerprint density at radius 1 is 1.00 bits per heavy atom. The maximum Gasteiger partial charge on any atom is 0.0510 e. The van der Waals surface area contributed by atoms with Gasteiger partial charge in [0.15, 0.2) is 0 Å². The molecule has 1 aromatic heterocycles. The summed E-state index contributed by atoms with van der Waals surface area (Å²) in [6, 6.07) is 11.2. The second-order valence-corrected chi connectivity index (χ2v) is 5.70. The molecule has 0 saturated heterocycles. The highest BCUT2D eigenvalue weighted by atomic mass is 14.7. The molecule has 0 amide bonds. The summed E-state index contributed by atoms with van der Waals surface area (Å²) in [5, 5.41) is 0. The van der Waals surface area contributed by atoms with Gasteiger partial charge in [0.2, 0.25) is 0 Å². The van der Waals surface area contributed by atoms with Gasteiger partial charge in [0, 0.05) is 18.2 Å². The monoisotopic (exact) mass is 250 g/mol. The third-order valence-electron chi connectivity index (χ3n) is 4.69. The third-order valence-corrected chi connectivity index (χ3v) is 4.69. The Hall–Kier alpha value is -1.67. The molecule has 0 aliphatic heterocycles. The van der Waals surface area contributed by atoms with Crippen LogP contribution in [0.3, 0.4) is 0 Å². The van der Waals surface area contributed by atoms with Gasteiger partial charge < -0.3 is 5.73 Å². The topological polar surface area (TPSA) is 38.9 Å². The smallest absolute Gasteiger partial charge is 0.0510 e. The van der Waals surface area contributed by atoms with E-state index in [1.165, 1.54) is 34.4 Å². The van der Waals surface area contributed by atoms with Crippen LogP contribution in [-0.2, 0) is 12.8 Å². The lowest BCUT2D eigenvalue weighted by atomic mass is 9.90. The number of benzene rings is 1. The van der Waals surface area contributed by atoms with Gasteiger partial charge in [0.25, 0.3) is 0 Å². The molecule has 1 aromatic carbocycles. The van der Waals surface area contributed by atoms with Gasteiger partial charge in [-0.05, 0) is 54.0 Å². The van der Waals surface area contributed by atoms with Crippen LogP contribution in [0.2, 0.25) is 0 Å². The lowest BCUT2D eigenvalue weighted by molar-refractivity contribution is 0.712. The van der Waals surface area contributed by atoms with Gasteiger partial charge in [-0.25, -0.2) is 0 Å². The molecule has 2 unspecified atom stereocenters. The SMILES string of the molecule is NC1CCc2c1cccc2C1CCc2cccnc21. The normalized spacial score (nSPS) is 24.3. The van der Waals surface area contributed by atoms with Crippen molar-refractivity contribution in [3.05, 3.63) is 64.5 Å². The minimum atomic E-state index is 0.236. The van der Waals surface area contributed by atoms with Crippen LogP contribution in [0.1, 0.15) is 52.7 Å². The van der Waals surface area contributed by atoms with E-state index in [0.29, 0.717) is 5.92 Å². The molecule has 0 spiro atoms. The number of nitrogens with two attached hydrogens (primary N) is 1. The molecule has 2 heteroatoms. The fourth-order valence-electron chi connectivity index (χ4n) is 3.76. The molecule has 2 nitrogen and oxygen atoms in total. The van der Waals surface area contributed by atoms with E-state index in [-0.39, 0.29) is 6.04 Å². The van der Waals surface area contributed by atoms with Crippen molar-refractivity contribution in [2.75, 3.05) is 0 Å². The largest absolute Gasteiger partial charge is 0.324 e. The second kappa shape index (κ2) is 4.17. The zero-order chi connectivity index (χ0) is 12.8. The van der Waals surface area contributed by atoms with E-state index in [1.54, 1.807) is 0 Å². The number of hydrogen-bond donors (Lipinski definition) is 1. The zero-order valence-corrected chi connectivity index (χ0v) is 11.0. The number of pyridine rings is 1. The maximum absolute atomic E-state index is 6.19. The van der Waals surface area contributed by atoms with Crippen molar-refractivity contribution in [2.45, 2.75) is 37.6 Å². The van der Waals surface area contributed by atoms with E-state index < -0.39 is 0 Å². The highest BCUT2D eigenvalue weighted by molar-refractivity contribution is 5.47. The number of fused-ring (bicyclic) bond motifs is 2. The van der Waals surface area contributed by atoms with Gasteiger partial charge in [-0.1, -0.05) is 24.3 Å². The highest BCUT2D eigenvalue weighted by Gasteiger charge is 2.30. The number of aromatic nitrogens is 1. The summed E-state index contributed by atoms with van der Waals surface area (Å²) in [5.41, 5.74) is 13.2. The first kappa shape index (κ1) is 11.2. The van der Waals surface area contributed by atoms with E-state index in [2.05, 4.69) is 29.2 Å². The lowest BCUT2D eigenvalue weighted by Gasteiger charge is -2.16. The van der Waals surface area contributed by atoms with Crippen molar-refractivity contribution in [1.29, 1.82) is 0 Å². The summed E-state index contributed by atoms with van der Waals surface area (Å²) >= 11 is 0. The molecule has 2 N–H and O–H groups in total. The van der Waals surface area contributed by atoms with Gasteiger partial charge in [-0.2, -0.15) is 0 Å². The summed E-state index contributed by atoms with van der Waals surface area (Å²) in [7, 11) is 0. The standard InChI is InChI=1S/C17H18N2/c18-16-9-8-13-12(4-1-5-14(13)16)15-7-6-11-3-2-10-19-17(11)15/h1-5,10,15-16H,6-9,18H2. The molecule has 0 bridgehead atoms. The van der Waals surface area contributed by atoms with Crippen molar-refractivity contribution < 1.29 is 0 Å². The first-order valence-corrected chi connectivity index (χ1v) is 7.15. The van der Waals surface area contributed by atoms with Gasteiger partial charge in [0.05, 0.1) is 5.69 Å². The summed E-state index contributed by atoms with van der Waals surface area (Å²) < 4.78 is 0. The second-order valence-electron chi connectivity index (χ2n) is 5.70. The van der Waals surface area contributed by atoms with E-state index >= 15 is 0 Å². The lowest BCUT2D eigenvalue weighted by Crippen LogP contribution is -2.06. The quantitative estimate of drug-likeness (QED) is 0.844. The predicted octanol–water partition coefficient (Wildman–Crippen LogP) is 3.11. The molecule has 19 heavy (non-hydrogen) atoms. The van der Waals surface area contributed by atoms with Crippen molar-refractivity contribution in [1.82, 2.24) is 4.98 Å². The Bertz CT molecular complexity index is 633. The molecule has 2 aliphatic carbocycles. The number of aryl methyl sites for hydroxylation is 1. The average Bonchev–Trinajstić information content (AvgIpc) is 3.03. The van der Waals surface area contributed by atoms with Crippen LogP contribution in [0, 0.1) is 0 Å². The molecule has 2 aromatic rings. The van der Waals surface area contributed by atoms with E-state index in [9.17, 15) is 0 Å². The first-order chi connectivity index (χ1) is 9.34. The molecule has 4 rings (SSSR count). The molecule has 96 valence electrons. The number of rotatable bonds is 1. The maximum atomic E-state index is 6.19. The fraction of sp³-hybridized carbons (Fsp3) is 0.353. The van der Waals surface area contributed by atoms with Crippen molar-refractivity contribution >= 4 is 0 Å². The number of nitrogens with zero attached hydrogens (tertiary/aromatic N) is 1. The molecule has 1 heterocycles. The highest BCUT2D eigenvalue weighted by Crippen LogP contribution is 2.42. The van der Waals surface area contributed by atoms with Crippen LogP contribution >= 0.6 is 0 Å². The molecule has 0 radical (unpaired) electrons. The zero-order valence-electron chi connectivity index (χ0n) is 11.0. The minimum absolute atomic E-state index is 0.236. The Morgan fingerprint density at radius 2 is 1.89 bits per heavy atom. The van der Waals surface area contributed by atoms with E-state index in [1.807, 2.05) is 12.3 Å². The Kier molecular flexibility index (Phi) is 2.46. The van der Waals surface area contributed by atoms with Crippen LogP contribution in [0.5, 0.6) is 0 Å². The predicted molar refractivity (Wildman–Crippen MR) is 76.1 cm³/mol. The first-order valence-electron chi connectivity index (χ1n) is 7.15. The van der Waals surface area contributed by atoms with Crippen molar-refractivity contribution in [3.63, 3.8) is 0 Å². The van der Waals surface area contributed by atoms with Crippen LogP contribution in [0.4, 0.5) is 0 Å². The summed E-state index contributed by atoms with van der Waals surface area (Å²) in [5.74, 6) is 0.483. The fourth-order valence-corrected chi connectivity index (χ4v) is 3.76. The van der Waals surface area contributed by atoms with Crippen molar-refractivity contribution in [2.24, 2.45) is 5.73 Å². The van der Waals surface area contributed by atoms with Crippen LogP contribution in [0.15, 0.2) is 36.5 Å². The van der Waals surface area contributed by atoms with Crippen LogP contribution < -0.4 is 5.73 Å². The molecular weight excluding hydrogens is 232 g/mol. The Labute approximate surface area is 113 Å². The van der Waals surface area contributed by atoms with Crippen LogP contribution in [0.25, 0.3) is 0 Å². The summed E-state index contributed by atoms with van der Waals surface area (Å²) in [4.78, 5) is 4.63. The van der Waals surface area contributed by atoms with Gasteiger partial charge >= 0.3 is 0 Å².